The first-order chi connectivity index (χ1) is 9.75. The number of thioether (sulfide) groups is 1. The highest BCUT2D eigenvalue weighted by atomic mass is 32.2. The lowest BCUT2D eigenvalue weighted by Gasteiger charge is -2.22. The predicted molar refractivity (Wildman–Crippen MR) is 84.1 cm³/mol. The summed E-state index contributed by atoms with van der Waals surface area (Å²) in [5, 5.41) is 6.31. The van der Waals surface area contributed by atoms with Crippen LogP contribution in [0.2, 0.25) is 0 Å². The Morgan fingerprint density at radius 1 is 1.45 bits per heavy atom. The minimum Gasteiger partial charge on any atom is -0.354 e. The lowest BCUT2D eigenvalue weighted by atomic mass is 10.2. The molecule has 1 unspecified atom stereocenters. The molecular formula is C15H23N3OS. The summed E-state index contributed by atoms with van der Waals surface area (Å²) >= 11 is 1.77. The summed E-state index contributed by atoms with van der Waals surface area (Å²) in [5.74, 6) is 1.03. The van der Waals surface area contributed by atoms with Gasteiger partial charge in [0.2, 0.25) is 5.91 Å². The van der Waals surface area contributed by atoms with E-state index in [0.29, 0.717) is 12.6 Å². The minimum absolute atomic E-state index is 0.119. The number of amides is 1. The van der Waals surface area contributed by atoms with Gasteiger partial charge in [0, 0.05) is 29.8 Å². The molecule has 1 atom stereocenters. The van der Waals surface area contributed by atoms with Crippen molar-refractivity contribution in [1.29, 1.82) is 0 Å². The van der Waals surface area contributed by atoms with E-state index in [1.807, 2.05) is 25.2 Å². The molecule has 0 radical (unpaired) electrons. The molecule has 2 N–H and O–H groups in total. The highest BCUT2D eigenvalue weighted by molar-refractivity contribution is 7.99. The number of hydrogen-bond donors (Lipinski definition) is 2. The molecule has 110 valence electrons. The first-order valence-corrected chi connectivity index (χ1v) is 8.10. The number of nitrogens with one attached hydrogen (secondary N) is 2. The van der Waals surface area contributed by atoms with E-state index in [2.05, 4.69) is 27.7 Å². The molecule has 1 aliphatic heterocycles. The molecule has 2 rings (SSSR count). The molecule has 1 fully saturated rings. The number of hydrogen-bond acceptors (Lipinski definition) is 4. The fourth-order valence-electron chi connectivity index (χ4n) is 2.30. The van der Waals surface area contributed by atoms with Gasteiger partial charge in [-0.2, -0.15) is 0 Å². The number of benzene rings is 1. The van der Waals surface area contributed by atoms with Gasteiger partial charge in [0.05, 0.1) is 6.54 Å². The largest absolute Gasteiger partial charge is 0.354 e. The van der Waals surface area contributed by atoms with Crippen LogP contribution in [-0.2, 0) is 4.79 Å². The number of nitrogens with zero attached hydrogens (tertiary/aromatic N) is 1. The second kappa shape index (κ2) is 8.29. The van der Waals surface area contributed by atoms with Crippen LogP contribution < -0.4 is 10.6 Å². The second-order valence-electron chi connectivity index (χ2n) is 5.07. The summed E-state index contributed by atoms with van der Waals surface area (Å²) in [6, 6.07) is 10.8. The Morgan fingerprint density at radius 2 is 2.25 bits per heavy atom. The van der Waals surface area contributed by atoms with E-state index >= 15 is 0 Å². The smallest absolute Gasteiger partial charge is 0.234 e. The van der Waals surface area contributed by atoms with Crippen molar-refractivity contribution in [3.63, 3.8) is 0 Å². The van der Waals surface area contributed by atoms with Crippen LogP contribution in [0.4, 0.5) is 0 Å². The third kappa shape index (κ3) is 5.15. The molecule has 0 aromatic heterocycles. The maximum atomic E-state index is 11.8. The number of carbonyl (C=O) groups excluding carboxylic acids is 1. The summed E-state index contributed by atoms with van der Waals surface area (Å²) in [6.45, 7) is 3.26. The highest BCUT2D eigenvalue weighted by Gasteiger charge is 2.20. The molecule has 0 spiro atoms. The zero-order valence-electron chi connectivity index (χ0n) is 12.0. The molecule has 0 bridgehead atoms. The Hall–Kier alpha value is -1.04. The van der Waals surface area contributed by atoms with Gasteiger partial charge in [-0.3, -0.25) is 9.69 Å². The minimum atomic E-state index is 0.119. The van der Waals surface area contributed by atoms with E-state index in [1.54, 1.807) is 11.8 Å². The van der Waals surface area contributed by atoms with Crippen molar-refractivity contribution in [1.82, 2.24) is 15.5 Å². The maximum absolute atomic E-state index is 11.8. The Balaban J connectivity index is 1.58. The molecule has 0 aliphatic carbocycles. The number of carbonyl (C=O) groups is 1. The molecule has 1 aliphatic rings. The summed E-state index contributed by atoms with van der Waals surface area (Å²) in [7, 11) is 2.02. The fourth-order valence-corrected chi connectivity index (χ4v) is 3.09. The van der Waals surface area contributed by atoms with E-state index < -0.39 is 0 Å². The molecular weight excluding hydrogens is 270 g/mol. The average Bonchev–Trinajstić information content (AvgIpc) is 2.99. The Kier molecular flexibility index (Phi) is 6.36. The molecule has 20 heavy (non-hydrogen) atoms. The van der Waals surface area contributed by atoms with Crippen LogP contribution in [0.15, 0.2) is 35.2 Å². The average molecular weight is 293 g/mol. The highest BCUT2D eigenvalue weighted by Crippen LogP contribution is 2.15. The lowest BCUT2D eigenvalue weighted by Crippen LogP contribution is -2.42. The normalized spacial score (nSPS) is 18.4. The number of likely N-dealkylation sites (N-methyl/N-ethyl adjacent to an activating group) is 1. The van der Waals surface area contributed by atoms with Crippen molar-refractivity contribution in [2.24, 2.45) is 0 Å². The topological polar surface area (TPSA) is 44.4 Å². The Labute approximate surface area is 125 Å². The van der Waals surface area contributed by atoms with Gasteiger partial charge in [0.15, 0.2) is 0 Å². The van der Waals surface area contributed by atoms with Crippen LogP contribution in [0, 0.1) is 0 Å². The third-order valence-electron chi connectivity index (χ3n) is 3.49. The Bertz CT molecular complexity index is 407. The fraction of sp³-hybridized carbons (Fsp3) is 0.533. The van der Waals surface area contributed by atoms with E-state index in [-0.39, 0.29) is 5.91 Å². The second-order valence-corrected chi connectivity index (χ2v) is 6.24. The van der Waals surface area contributed by atoms with Gasteiger partial charge in [0.1, 0.15) is 0 Å². The third-order valence-corrected chi connectivity index (χ3v) is 4.50. The standard InChI is InChI=1S/C15H23N3OS/c1-18(13-7-8-16-11-13)12-15(19)17-9-10-20-14-5-3-2-4-6-14/h2-6,13,16H,7-12H2,1H3,(H,17,19). The van der Waals surface area contributed by atoms with Gasteiger partial charge in [0.25, 0.3) is 0 Å². The molecule has 1 aromatic carbocycles. The maximum Gasteiger partial charge on any atom is 0.234 e. The summed E-state index contributed by atoms with van der Waals surface area (Å²) in [4.78, 5) is 15.2. The summed E-state index contributed by atoms with van der Waals surface area (Å²) in [6.07, 6.45) is 1.13. The van der Waals surface area contributed by atoms with Gasteiger partial charge in [-0.25, -0.2) is 0 Å². The molecule has 1 aromatic rings. The van der Waals surface area contributed by atoms with Crippen LogP contribution in [0.5, 0.6) is 0 Å². The van der Waals surface area contributed by atoms with Crippen molar-refractivity contribution in [3.8, 4) is 0 Å². The summed E-state index contributed by atoms with van der Waals surface area (Å²) in [5.41, 5.74) is 0. The Morgan fingerprint density at radius 3 is 2.95 bits per heavy atom. The van der Waals surface area contributed by atoms with E-state index in [1.165, 1.54) is 4.90 Å². The number of rotatable bonds is 7. The zero-order valence-corrected chi connectivity index (χ0v) is 12.8. The lowest BCUT2D eigenvalue weighted by molar-refractivity contribution is -0.122. The molecule has 1 amide bonds. The quantitative estimate of drug-likeness (QED) is 0.585. The molecule has 0 saturated carbocycles. The van der Waals surface area contributed by atoms with Gasteiger partial charge in [-0.1, -0.05) is 18.2 Å². The van der Waals surface area contributed by atoms with Crippen LogP contribution >= 0.6 is 11.8 Å². The van der Waals surface area contributed by atoms with Gasteiger partial charge in [-0.05, 0) is 32.1 Å². The van der Waals surface area contributed by atoms with E-state index in [9.17, 15) is 4.79 Å². The van der Waals surface area contributed by atoms with Crippen molar-refractivity contribution in [3.05, 3.63) is 30.3 Å². The molecule has 1 heterocycles. The first-order valence-electron chi connectivity index (χ1n) is 7.11. The van der Waals surface area contributed by atoms with Gasteiger partial charge < -0.3 is 10.6 Å². The SMILES string of the molecule is CN(CC(=O)NCCSc1ccccc1)C1CCNC1. The van der Waals surface area contributed by atoms with Crippen molar-refractivity contribution >= 4 is 17.7 Å². The summed E-state index contributed by atoms with van der Waals surface area (Å²) < 4.78 is 0. The van der Waals surface area contributed by atoms with Crippen molar-refractivity contribution in [2.75, 3.05) is 39.0 Å². The van der Waals surface area contributed by atoms with Crippen LogP contribution in [0.25, 0.3) is 0 Å². The molecule has 1 saturated heterocycles. The van der Waals surface area contributed by atoms with Crippen LogP contribution in [-0.4, -0.2) is 55.8 Å². The van der Waals surface area contributed by atoms with Crippen LogP contribution in [0.1, 0.15) is 6.42 Å². The van der Waals surface area contributed by atoms with Crippen molar-refractivity contribution < 1.29 is 4.79 Å². The van der Waals surface area contributed by atoms with Crippen LogP contribution in [0.3, 0.4) is 0 Å². The molecule has 4 nitrogen and oxygen atoms in total. The zero-order chi connectivity index (χ0) is 14.2. The van der Waals surface area contributed by atoms with E-state index in [0.717, 1.165) is 31.8 Å². The monoisotopic (exact) mass is 293 g/mol. The predicted octanol–water partition coefficient (Wildman–Crippen LogP) is 1.19. The first kappa shape index (κ1) is 15.4. The van der Waals surface area contributed by atoms with Gasteiger partial charge in [-0.15, -0.1) is 11.8 Å². The van der Waals surface area contributed by atoms with Crippen molar-refractivity contribution in [2.45, 2.75) is 17.4 Å². The molecule has 5 heteroatoms. The van der Waals surface area contributed by atoms with E-state index in [4.69, 9.17) is 0 Å². The van der Waals surface area contributed by atoms with Gasteiger partial charge >= 0.3 is 0 Å².